The van der Waals surface area contributed by atoms with Crippen LogP contribution in [0, 0.1) is 12.7 Å². The second kappa shape index (κ2) is 9.87. The van der Waals surface area contributed by atoms with Crippen molar-refractivity contribution in [1.82, 2.24) is 10.2 Å². The Morgan fingerprint density at radius 3 is 2.50 bits per heavy atom. The van der Waals surface area contributed by atoms with Gasteiger partial charge in [-0.3, -0.25) is 4.90 Å². The van der Waals surface area contributed by atoms with E-state index in [4.69, 9.17) is 14.2 Å². The number of rotatable bonds is 8. The molecule has 0 saturated carbocycles. The maximum Gasteiger partial charge on any atom is 0.161 e. The first-order valence-electron chi connectivity index (χ1n) is 9.62. The maximum absolute atomic E-state index is 13.3. The summed E-state index contributed by atoms with van der Waals surface area (Å²) in [5.41, 5.74) is 3.24. The highest BCUT2D eigenvalue weighted by molar-refractivity contribution is 5.44. The van der Waals surface area contributed by atoms with Crippen molar-refractivity contribution in [2.75, 3.05) is 47.1 Å². The number of hydrogen-bond donors (Lipinski definition) is 1. The highest BCUT2D eigenvalue weighted by Crippen LogP contribution is 2.32. The molecule has 1 saturated heterocycles. The molecule has 1 aliphatic rings. The summed E-state index contributed by atoms with van der Waals surface area (Å²) in [4.78, 5) is 2.43. The second-order valence-electron chi connectivity index (χ2n) is 6.98. The van der Waals surface area contributed by atoms with Gasteiger partial charge in [-0.2, -0.15) is 0 Å². The van der Waals surface area contributed by atoms with Crippen molar-refractivity contribution in [2.45, 2.75) is 19.5 Å². The monoisotopic (exact) mass is 388 g/mol. The first-order chi connectivity index (χ1) is 13.6. The van der Waals surface area contributed by atoms with Gasteiger partial charge in [0.2, 0.25) is 0 Å². The molecule has 0 radical (unpaired) electrons. The molecule has 5 nitrogen and oxygen atoms in total. The molecule has 2 aromatic rings. The van der Waals surface area contributed by atoms with Gasteiger partial charge in [0.15, 0.2) is 11.5 Å². The Morgan fingerprint density at radius 1 is 1.07 bits per heavy atom. The average molecular weight is 388 g/mol. The number of hydrogen-bond acceptors (Lipinski definition) is 5. The first-order valence-corrected chi connectivity index (χ1v) is 9.62. The SMILES string of the molecule is COc1ccc(C(CNCc2ccc(F)cc2C)N2CCOCC2)cc1OC. The van der Waals surface area contributed by atoms with Crippen LogP contribution >= 0.6 is 0 Å². The highest BCUT2D eigenvalue weighted by Gasteiger charge is 2.23. The van der Waals surface area contributed by atoms with E-state index in [0.717, 1.165) is 55.5 Å². The third kappa shape index (κ3) is 5.01. The summed E-state index contributed by atoms with van der Waals surface area (Å²) in [5.74, 6) is 1.26. The summed E-state index contributed by atoms with van der Waals surface area (Å²) in [7, 11) is 3.30. The average Bonchev–Trinajstić information content (AvgIpc) is 2.72. The molecule has 1 heterocycles. The zero-order valence-electron chi connectivity index (χ0n) is 16.8. The van der Waals surface area contributed by atoms with Crippen LogP contribution in [0.1, 0.15) is 22.7 Å². The van der Waals surface area contributed by atoms with Crippen molar-refractivity contribution in [3.05, 3.63) is 58.9 Å². The van der Waals surface area contributed by atoms with Crippen LogP contribution in [-0.4, -0.2) is 52.0 Å². The summed E-state index contributed by atoms with van der Waals surface area (Å²) in [5, 5.41) is 3.55. The number of methoxy groups -OCH3 is 2. The maximum atomic E-state index is 13.3. The van der Waals surface area contributed by atoms with Gasteiger partial charge in [0.25, 0.3) is 0 Å². The molecule has 152 valence electrons. The molecule has 1 atom stereocenters. The fraction of sp³-hybridized carbons (Fsp3) is 0.455. The molecule has 3 rings (SSSR count). The summed E-state index contributed by atoms with van der Waals surface area (Å²) in [6.07, 6.45) is 0. The Balaban J connectivity index is 1.75. The van der Waals surface area contributed by atoms with Gasteiger partial charge in [-0.05, 0) is 47.9 Å². The van der Waals surface area contributed by atoms with Crippen LogP contribution in [0.25, 0.3) is 0 Å². The van der Waals surface area contributed by atoms with E-state index in [0.29, 0.717) is 6.54 Å². The van der Waals surface area contributed by atoms with E-state index in [-0.39, 0.29) is 11.9 Å². The van der Waals surface area contributed by atoms with Crippen molar-refractivity contribution >= 4 is 0 Å². The smallest absolute Gasteiger partial charge is 0.161 e. The normalized spacial score (nSPS) is 16.0. The van der Waals surface area contributed by atoms with Crippen molar-refractivity contribution in [1.29, 1.82) is 0 Å². The molecule has 1 fully saturated rings. The minimum absolute atomic E-state index is 0.185. The predicted molar refractivity (Wildman–Crippen MR) is 108 cm³/mol. The van der Waals surface area contributed by atoms with E-state index in [1.165, 1.54) is 11.6 Å². The summed E-state index contributed by atoms with van der Waals surface area (Å²) in [6, 6.07) is 11.2. The Bertz CT molecular complexity index is 778. The first kappa shape index (κ1) is 20.6. The van der Waals surface area contributed by atoms with E-state index >= 15 is 0 Å². The highest BCUT2D eigenvalue weighted by atomic mass is 19.1. The molecule has 1 aliphatic heterocycles. The fourth-order valence-electron chi connectivity index (χ4n) is 3.61. The molecule has 0 aliphatic carbocycles. The van der Waals surface area contributed by atoms with Crippen LogP contribution in [-0.2, 0) is 11.3 Å². The number of aryl methyl sites for hydroxylation is 1. The lowest BCUT2D eigenvalue weighted by Gasteiger charge is -2.35. The number of ether oxygens (including phenoxy) is 3. The molecule has 2 aromatic carbocycles. The third-order valence-corrected chi connectivity index (χ3v) is 5.24. The van der Waals surface area contributed by atoms with E-state index < -0.39 is 0 Å². The van der Waals surface area contributed by atoms with Gasteiger partial charge >= 0.3 is 0 Å². The van der Waals surface area contributed by atoms with E-state index in [9.17, 15) is 4.39 Å². The molecule has 0 amide bonds. The van der Waals surface area contributed by atoms with Crippen LogP contribution in [0.2, 0.25) is 0 Å². The lowest BCUT2D eigenvalue weighted by molar-refractivity contribution is 0.0160. The molecular formula is C22H29FN2O3. The number of halogens is 1. The molecule has 28 heavy (non-hydrogen) atoms. The standard InChI is InChI=1S/C22H29FN2O3/c1-16-12-19(23)6-4-18(16)14-24-15-20(25-8-10-28-11-9-25)17-5-7-21(26-2)22(13-17)27-3/h4-7,12-13,20,24H,8-11,14-15H2,1-3H3. The van der Waals surface area contributed by atoms with Gasteiger partial charge in [-0.15, -0.1) is 0 Å². The molecule has 1 N–H and O–H groups in total. The zero-order chi connectivity index (χ0) is 19.9. The Kier molecular flexibility index (Phi) is 7.25. The van der Waals surface area contributed by atoms with Crippen molar-refractivity contribution in [3.8, 4) is 11.5 Å². The van der Waals surface area contributed by atoms with Gasteiger partial charge in [-0.25, -0.2) is 4.39 Å². The van der Waals surface area contributed by atoms with Gasteiger partial charge < -0.3 is 19.5 Å². The zero-order valence-corrected chi connectivity index (χ0v) is 16.8. The minimum atomic E-state index is -0.197. The van der Waals surface area contributed by atoms with Crippen molar-refractivity contribution in [3.63, 3.8) is 0 Å². The van der Waals surface area contributed by atoms with Crippen LogP contribution in [0.15, 0.2) is 36.4 Å². The number of morpholine rings is 1. The summed E-state index contributed by atoms with van der Waals surface area (Å²) in [6.45, 7) is 6.65. The lowest BCUT2D eigenvalue weighted by atomic mass is 10.0. The molecule has 6 heteroatoms. The summed E-state index contributed by atoms with van der Waals surface area (Å²) >= 11 is 0. The number of nitrogens with one attached hydrogen (secondary N) is 1. The molecule has 0 spiro atoms. The van der Waals surface area contributed by atoms with Gasteiger partial charge in [0, 0.05) is 32.2 Å². The Labute approximate surface area is 166 Å². The molecule has 1 unspecified atom stereocenters. The van der Waals surface area contributed by atoms with Gasteiger partial charge in [0.1, 0.15) is 5.82 Å². The Hall–Kier alpha value is -2.15. The molecule has 0 bridgehead atoms. The van der Waals surface area contributed by atoms with Crippen LogP contribution in [0.5, 0.6) is 11.5 Å². The van der Waals surface area contributed by atoms with Crippen LogP contribution in [0.3, 0.4) is 0 Å². The van der Waals surface area contributed by atoms with Crippen molar-refractivity contribution < 1.29 is 18.6 Å². The van der Waals surface area contributed by atoms with E-state index in [2.05, 4.69) is 16.3 Å². The lowest BCUT2D eigenvalue weighted by Crippen LogP contribution is -2.42. The largest absolute Gasteiger partial charge is 0.493 e. The quantitative estimate of drug-likeness (QED) is 0.752. The predicted octanol–water partition coefficient (Wildman–Crippen LogP) is 3.31. The van der Waals surface area contributed by atoms with Gasteiger partial charge in [-0.1, -0.05) is 12.1 Å². The van der Waals surface area contributed by atoms with Crippen molar-refractivity contribution in [2.24, 2.45) is 0 Å². The van der Waals surface area contributed by atoms with E-state index in [1.807, 2.05) is 25.1 Å². The topological polar surface area (TPSA) is 43.0 Å². The van der Waals surface area contributed by atoms with E-state index in [1.54, 1.807) is 20.3 Å². The second-order valence-corrected chi connectivity index (χ2v) is 6.98. The third-order valence-electron chi connectivity index (χ3n) is 5.24. The van der Waals surface area contributed by atoms with Crippen LogP contribution < -0.4 is 14.8 Å². The molecule has 0 aromatic heterocycles. The number of nitrogens with zero attached hydrogens (tertiary/aromatic N) is 1. The Morgan fingerprint density at radius 2 is 1.82 bits per heavy atom. The van der Waals surface area contributed by atoms with Gasteiger partial charge in [0.05, 0.1) is 27.4 Å². The van der Waals surface area contributed by atoms with Crippen LogP contribution in [0.4, 0.5) is 4.39 Å². The minimum Gasteiger partial charge on any atom is -0.493 e. The molecular weight excluding hydrogens is 359 g/mol. The number of benzene rings is 2. The summed E-state index contributed by atoms with van der Waals surface area (Å²) < 4.78 is 29.7. The fourth-order valence-corrected chi connectivity index (χ4v) is 3.61.